The van der Waals surface area contributed by atoms with E-state index in [0.29, 0.717) is 46.3 Å². The van der Waals surface area contributed by atoms with Crippen molar-refractivity contribution in [2.45, 2.75) is 0 Å². The van der Waals surface area contributed by atoms with E-state index >= 15 is 0 Å². The van der Waals surface area contributed by atoms with Gasteiger partial charge in [0.2, 0.25) is 0 Å². The second kappa shape index (κ2) is 36.1. The molecular formula is C128H83N15. The van der Waals surface area contributed by atoms with Crippen LogP contribution in [0.15, 0.2) is 504 Å². The average Bonchev–Trinajstić information content (AvgIpc) is 1.63. The van der Waals surface area contributed by atoms with E-state index in [0.717, 1.165) is 95.7 Å². The largest absolute Gasteiger partial charge is 0.309 e. The number of rotatable bonds is 15. The quantitative estimate of drug-likeness (QED) is 0.0969. The van der Waals surface area contributed by atoms with Crippen molar-refractivity contribution in [3.8, 4) is 142 Å². The molecule has 0 radical (unpaired) electrons. The van der Waals surface area contributed by atoms with Crippen LogP contribution in [0.2, 0.25) is 0 Å². The van der Waals surface area contributed by atoms with E-state index in [1.54, 1.807) is 12.4 Å². The van der Waals surface area contributed by atoms with Crippen molar-refractivity contribution in [1.82, 2.24) is 72.7 Å². The highest BCUT2D eigenvalue weighted by Crippen LogP contribution is 2.42. The molecule has 0 saturated heterocycles. The molecule has 0 aliphatic carbocycles. The van der Waals surface area contributed by atoms with E-state index in [1.807, 2.05) is 72.8 Å². The van der Waals surface area contributed by atoms with Crippen LogP contribution in [0.3, 0.4) is 0 Å². The summed E-state index contributed by atoms with van der Waals surface area (Å²) in [6, 6.07) is 171. The molecule has 0 aliphatic heterocycles. The summed E-state index contributed by atoms with van der Waals surface area (Å²) < 4.78 is 11.7. The lowest BCUT2D eigenvalue weighted by molar-refractivity contribution is 1.05. The molecule has 18 aromatic carbocycles. The van der Waals surface area contributed by atoms with E-state index < -0.39 is 0 Å². The van der Waals surface area contributed by atoms with Gasteiger partial charge in [-0.25, -0.2) is 39.9 Å². The molecule has 10 heterocycles. The van der Waals surface area contributed by atoms with E-state index in [4.69, 9.17) is 34.9 Å². The van der Waals surface area contributed by atoms with E-state index in [9.17, 15) is 0 Å². The zero-order valence-corrected chi connectivity index (χ0v) is 77.1. The van der Waals surface area contributed by atoms with Crippen LogP contribution in [0.5, 0.6) is 0 Å². The fourth-order valence-electron chi connectivity index (χ4n) is 20.2. The minimum absolute atomic E-state index is 0.510. The van der Waals surface area contributed by atoms with Crippen molar-refractivity contribution in [3.05, 3.63) is 504 Å². The molecule has 0 bridgehead atoms. The third-order valence-corrected chi connectivity index (χ3v) is 27.0. The molecule has 0 saturated carbocycles. The zero-order valence-electron chi connectivity index (χ0n) is 77.1. The van der Waals surface area contributed by atoms with Crippen LogP contribution in [0.25, 0.3) is 251 Å². The van der Waals surface area contributed by atoms with Crippen molar-refractivity contribution in [1.29, 1.82) is 0 Å². The van der Waals surface area contributed by atoms with E-state index in [1.165, 1.54) is 109 Å². The summed E-state index contributed by atoms with van der Waals surface area (Å²) in [6.07, 6.45) is 3.47. The van der Waals surface area contributed by atoms with Gasteiger partial charge in [-0.1, -0.05) is 303 Å². The molecule has 0 fully saturated rings. The molecule has 15 heteroatoms. The molecule has 0 aliphatic rings. The third-order valence-electron chi connectivity index (χ3n) is 27.0. The Balaban J connectivity index is 0.000000115. The van der Waals surface area contributed by atoms with Gasteiger partial charge in [0.25, 0.3) is 0 Å². The number of fused-ring (bicyclic) bond motifs is 15. The lowest BCUT2D eigenvalue weighted by atomic mass is 10.0. The standard InChI is InChI=1S/C57H36N6.C37H24N6.C34H23N3/c1-7-19-49-43(13-1)44-14-2-8-20-50(44)61(49)40-31-25-37(26-32-40)55-58-56(38-27-33-41(34-28-38)62-51-21-9-3-15-45(51)46-16-4-10-22-52(46)62)60-57(59-55)39-29-35-42(36-30-39)63-53-23-11-5-17-47(53)48-18-6-12-24-54(48)63;1-3-13-33-29(9-1)30-10-2-4-14-34(30)43(33)28-21-19-26(20-22-28)25-15-17-27(18-16-25)35-40-36(31-11-5-7-23-38-31)42-37(41-35)32-12-6-8-24-39-32;1-3-11-24(12-4-1)30-23-31(36-34(35-30)26-13-5-2-6-14-26)25-19-21-27(22-20-25)37-32-17-9-7-15-28(32)29-16-8-10-18-33(29)37/h1-36H;1-24H;1-23H. The van der Waals surface area contributed by atoms with Gasteiger partial charge in [0.1, 0.15) is 11.4 Å². The highest BCUT2D eigenvalue weighted by molar-refractivity contribution is 6.13. The first-order chi connectivity index (χ1) is 70.9. The number of benzene rings is 18. The maximum atomic E-state index is 5.17. The first-order valence-electron chi connectivity index (χ1n) is 47.8. The summed E-state index contributed by atoms with van der Waals surface area (Å²) >= 11 is 0. The Morgan fingerprint density at radius 2 is 0.294 bits per heavy atom. The zero-order chi connectivity index (χ0) is 94.6. The molecule has 0 N–H and O–H groups in total. The summed E-state index contributed by atoms with van der Waals surface area (Å²) in [5.41, 5.74) is 29.5. The fraction of sp³-hybridized carbons (Fsp3) is 0. The summed E-state index contributed by atoms with van der Waals surface area (Å²) in [5, 5.41) is 12.4. The van der Waals surface area contributed by atoms with Crippen molar-refractivity contribution in [2.75, 3.05) is 0 Å². The number of hydrogen-bond acceptors (Lipinski definition) is 10. The van der Waals surface area contributed by atoms with Crippen molar-refractivity contribution >= 4 is 109 Å². The molecular weight excluding hydrogens is 1750 g/mol. The van der Waals surface area contributed by atoms with E-state index in [-0.39, 0.29) is 0 Å². The molecule has 15 nitrogen and oxygen atoms in total. The van der Waals surface area contributed by atoms with Crippen LogP contribution in [0.4, 0.5) is 0 Å². The molecule has 143 heavy (non-hydrogen) atoms. The van der Waals surface area contributed by atoms with Crippen LogP contribution >= 0.6 is 0 Å². The minimum Gasteiger partial charge on any atom is -0.309 e. The van der Waals surface area contributed by atoms with Gasteiger partial charge < -0.3 is 22.8 Å². The van der Waals surface area contributed by atoms with Crippen LogP contribution in [0.1, 0.15) is 0 Å². The van der Waals surface area contributed by atoms with Crippen LogP contribution < -0.4 is 0 Å². The molecule has 0 unspecified atom stereocenters. The molecule has 0 amide bonds. The Bertz CT molecular complexity index is 8860. The Labute approximate surface area is 822 Å². The molecule has 28 rings (SSSR count). The van der Waals surface area contributed by atoms with Gasteiger partial charge in [0.05, 0.1) is 66.6 Å². The number of pyridine rings is 2. The summed E-state index contributed by atoms with van der Waals surface area (Å²) in [6.45, 7) is 0. The summed E-state index contributed by atoms with van der Waals surface area (Å²) in [7, 11) is 0. The Hall–Kier alpha value is -19.6. The number of aromatic nitrogens is 15. The SMILES string of the molecule is c1ccc(-c2cc(-c3ccc(-n4c5ccccc5c5ccccc54)cc3)nc(-c3ccccc3)n2)cc1.c1ccc(-c2nc(-c3ccc(-c4ccc(-n5c6ccccc6c6ccccc65)cc4)cc3)nc(-c3ccccn3)n2)nc1.c1ccc2c(c1)c1ccccc1n2-c1ccc(-c2nc(-c3ccc(-n4c5ccccc5c5ccccc54)cc3)nc(-c3ccc(-n4c5ccccc5c5ccccc54)cc3)n2)cc1. The van der Waals surface area contributed by atoms with Gasteiger partial charge in [-0.05, 0) is 199 Å². The Morgan fingerprint density at radius 3 is 0.545 bits per heavy atom. The van der Waals surface area contributed by atoms with Crippen molar-refractivity contribution in [2.24, 2.45) is 0 Å². The second-order valence-electron chi connectivity index (χ2n) is 35.4. The lowest BCUT2D eigenvalue weighted by Gasteiger charge is -2.12. The van der Waals surface area contributed by atoms with Crippen LogP contribution in [-0.2, 0) is 0 Å². The van der Waals surface area contributed by atoms with Gasteiger partial charge in [-0.3, -0.25) is 9.97 Å². The minimum atomic E-state index is 0.510. The van der Waals surface area contributed by atoms with E-state index in [2.05, 4.69) is 456 Å². The monoisotopic (exact) mass is 1830 g/mol. The first kappa shape index (κ1) is 83.9. The second-order valence-corrected chi connectivity index (χ2v) is 35.4. The third kappa shape index (κ3) is 15.5. The number of hydrogen-bond donors (Lipinski definition) is 0. The summed E-state index contributed by atoms with van der Waals surface area (Å²) in [5.74, 6) is 4.16. The summed E-state index contributed by atoms with van der Waals surface area (Å²) in [4.78, 5) is 48.5. The number of para-hydroxylation sites is 10. The molecule has 28 aromatic rings. The Morgan fingerprint density at radius 1 is 0.119 bits per heavy atom. The van der Waals surface area contributed by atoms with Gasteiger partial charge in [-0.15, -0.1) is 0 Å². The number of nitrogens with zero attached hydrogens (tertiary/aromatic N) is 15. The van der Waals surface area contributed by atoms with Crippen LogP contribution in [-0.4, -0.2) is 72.7 Å². The normalized spacial score (nSPS) is 11.5. The molecule has 0 atom stereocenters. The molecule has 10 aromatic heterocycles. The highest BCUT2D eigenvalue weighted by Gasteiger charge is 2.23. The highest BCUT2D eigenvalue weighted by atomic mass is 15.1. The van der Waals surface area contributed by atoms with Crippen molar-refractivity contribution < 1.29 is 0 Å². The van der Waals surface area contributed by atoms with Crippen LogP contribution in [0, 0.1) is 0 Å². The van der Waals surface area contributed by atoms with Gasteiger partial charge in [-0.2, -0.15) is 0 Å². The fourth-order valence-corrected chi connectivity index (χ4v) is 20.2. The maximum Gasteiger partial charge on any atom is 0.182 e. The average molecular weight is 1830 g/mol. The van der Waals surface area contributed by atoms with Gasteiger partial charge in [0.15, 0.2) is 40.8 Å². The topological polar surface area (TPSA) is 154 Å². The first-order valence-corrected chi connectivity index (χ1v) is 47.8. The van der Waals surface area contributed by atoms with Gasteiger partial charge in [0, 0.05) is 134 Å². The predicted octanol–water partition coefficient (Wildman–Crippen LogP) is 31.2. The molecule has 670 valence electrons. The van der Waals surface area contributed by atoms with Gasteiger partial charge >= 0.3 is 0 Å². The maximum absolute atomic E-state index is 5.17. The molecule has 0 spiro atoms. The van der Waals surface area contributed by atoms with Crippen molar-refractivity contribution in [3.63, 3.8) is 0 Å². The predicted molar refractivity (Wildman–Crippen MR) is 583 cm³/mol. The Kier molecular flexibility index (Phi) is 21.2. The smallest absolute Gasteiger partial charge is 0.182 e. The lowest BCUT2D eigenvalue weighted by Crippen LogP contribution is -2.01.